The molecule has 2 heterocycles. The van der Waals surface area contributed by atoms with Crippen molar-refractivity contribution in [3.8, 4) is 0 Å². The highest BCUT2D eigenvalue weighted by atomic mass is 16.7. The number of benzene rings is 3. The summed E-state index contributed by atoms with van der Waals surface area (Å²) in [6.07, 6.45) is 1.61. The molecule has 3 aromatic carbocycles. The smallest absolute Gasteiger partial charge is 0.253 e. The molecule has 4 aromatic rings. The fourth-order valence-electron chi connectivity index (χ4n) is 3.69. The van der Waals surface area contributed by atoms with E-state index in [1.165, 1.54) is 5.06 Å². The summed E-state index contributed by atoms with van der Waals surface area (Å²) in [7, 11) is 0. The van der Waals surface area contributed by atoms with Crippen LogP contribution in [0.25, 0.3) is 10.9 Å². The van der Waals surface area contributed by atoms with Crippen molar-refractivity contribution < 1.29 is 14.4 Å². The summed E-state index contributed by atoms with van der Waals surface area (Å²) >= 11 is 0. The molecular weight excluding hydrogens is 390 g/mol. The van der Waals surface area contributed by atoms with Crippen molar-refractivity contribution in [1.29, 1.82) is 0 Å². The molecule has 0 fully saturated rings. The van der Waals surface area contributed by atoms with Crippen LogP contribution in [0.1, 0.15) is 29.5 Å². The number of para-hydroxylation sites is 2. The van der Waals surface area contributed by atoms with Crippen molar-refractivity contribution in [3.05, 3.63) is 102 Å². The maximum atomic E-state index is 12.9. The fourth-order valence-corrected chi connectivity index (χ4v) is 3.69. The molecule has 31 heavy (non-hydrogen) atoms. The predicted octanol–water partition coefficient (Wildman–Crippen LogP) is 4.76. The molecule has 0 spiro atoms. The van der Waals surface area contributed by atoms with E-state index in [2.05, 4.69) is 9.97 Å². The molecule has 1 aliphatic heterocycles. The number of carbonyl (C=O) groups is 1. The molecule has 1 unspecified atom stereocenters. The van der Waals surface area contributed by atoms with Crippen LogP contribution in [0, 0.1) is 0 Å². The topological polar surface area (TPSA) is 64.5 Å². The molecule has 5 rings (SSSR count). The van der Waals surface area contributed by atoms with Gasteiger partial charge in [-0.3, -0.25) is 9.63 Å². The Kier molecular flexibility index (Phi) is 5.39. The number of hydrogen-bond acceptors (Lipinski definition) is 5. The number of ether oxygens (including phenoxy) is 1. The van der Waals surface area contributed by atoms with Crippen LogP contribution in [0.2, 0.25) is 0 Å². The van der Waals surface area contributed by atoms with Gasteiger partial charge in [0.1, 0.15) is 13.2 Å². The zero-order chi connectivity index (χ0) is 21.0. The summed E-state index contributed by atoms with van der Waals surface area (Å²) in [4.78, 5) is 27.7. The molecule has 0 saturated carbocycles. The second-order valence-electron chi connectivity index (χ2n) is 7.35. The van der Waals surface area contributed by atoms with Crippen LogP contribution < -0.4 is 5.06 Å². The van der Waals surface area contributed by atoms with Crippen molar-refractivity contribution in [2.24, 2.45) is 0 Å². The Hall–Kier alpha value is -3.61. The highest BCUT2D eigenvalue weighted by Gasteiger charge is 2.33. The van der Waals surface area contributed by atoms with Crippen LogP contribution in [0.15, 0.2) is 85.1 Å². The lowest BCUT2D eigenvalue weighted by molar-refractivity contribution is -0.131. The number of rotatable bonds is 6. The maximum absolute atomic E-state index is 12.9. The highest BCUT2D eigenvalue weighted by molar-refractivity contribution is 5.95. The van der Waals surface area contributed by atoms with E-state index in [1.807, 2.05) is 78.9 Å². The van der Waals surface area contributed by atoms with Crippen LogP contribution in [0.4, 0.5) is 5.69 Å². The minimum atomic E-state index is -0.379. The number of hydroxylamine groups is 1. The molecule has 0 bridgehead atoms. The minimum Gasteiger partial charge on any atom is -0.365 e. The van der Waals surface area contributed by atoms with Gasteiger partial charge in [-0.15, -0.1) is 0 Å². The number of amides is 1. The van der Waals surface area contributed by atoms with Crippen molar-refractivity contribution >= 4 is 22.5 Å². The summed E-state index contributed by atoms with van der Waals surface area (Å²) < 4.78 is 6.10. The number of fused-ring (bicyclic) bond motifs is 2. The SMILES string of the molecule is O=C1CC(OCc2ncc3ccccc3n2)c2ccccc2N1OCc1ccccc1. The average Bonchev–Trinajstić information content (AvgIpc) is 2.82. The first-order valence-corrected chi connectivity index (χ1v) is 10.2. The third-order valence-corrected chi connectivity index (χ3v) is 5.24. The first kappa shape index (κ1) is 19.4. The standard InChI is InChI=1S/C25H21N3O3/c29-25-14-23(30-17-24-26-15-19-10-4-6-12-21(19)27-24)20-11-5-7-13-22(20)28(25)31-16-18-8-2-1-3-9-18/h1-13,15,23H,14,16-17H2. The molecule has 0 N–H and O–H groups in total. The van der Waals surface area contributed by atoms with Crippen molar-refractivity contribution in [1.82, 2.24) is 9.97 Å². The third kappa shape index (κ3) is 4.17. The van der Waals surface area contributed by atoms with Gasteiger partial charge in [0.25, 0.3) is 5.91 Å². The lowest BCUT2D eigenvalue weighted by atomic mass is 9.99. The van der Waals surface area contributed by atoms with E-state index in [4.69, 9.17) is 9.57 Å². The first-order valence-electron chi connectivity index (χ1n) is 10.2. The van der Waals surface area contributed by atoms with Crippen LogP contribution in [-0.4, -0.2) is 15.9 Å². The molecule has 154 valence electrons. The molecule has 6 heteroatoms. The maximum Gasteiger partial charge on any atom is 0.253 e. The molecule has 1 aromatic heterocycles. The van der Waals surface area contributed by atoms with Crippen LogP contribution in [-0.2, 0) is 27.6 Å². The van der Waals surface area contributed by atoms with Gasteiger partial charge in [0.2, 0.25) is 0 Å². The number of anilines is 1. The van der Waals surface area contributed by atoms with Gasteiger partial charge in [0.05, 0.1) is 23.7 Å². The van der Waals surface area contributed by atoms with Crippen LogP contribution in [0.3, 0.4) is 0 Å². The predicted molar refractivity (Wildman–Crippen MR) is 117 cm³/mol. The molecule has 0 radical (unpaired) electrons. The molecule has 6 nitrogen and oxygen atoms in total. The largest absolute Gasteiger partial charge is 0.365 e. The van der Waals surface area contributed by atoms with Crippen LogP contribution in [0.5, 0.6) is 0 Å². The van der Waals surface area contributed by atoms with Gasteiger partial charge in [0, 0.05) is 17.1 Å². The quantitative estimate of drug-likeness (QED) is 0.458. The molecule has 0 aliphatic carbocycles. The van der Waals surface area contributed by atoms with E-state index < -0.39 is 0 Å². The monoisotopic (exact) mass is 411 g/mol. The molecular formula is C25H21N3O3. The number of carbonyl (C=O) groups excluding carboxylic acids is 1. The Morgan fingerprint density at radius 1 is 0.903 bits per heavy atom. The van der Waals surface area contributed by atoms with E-state index in [0.29, 0.717) is 18.1 Å². The van der Waals surface area contributed by atoms with Gasteiger partial charge in [-0.1, -0.05) is 66.7 Å². The second-order valence-corrected chi connectivity index (χ2v) is 7.35. The lowest BCUT2D eigenvalue weighted by Crippen LogP contribution is -2.37. The molecule has 0 saturated heterocycles. The lowest BCUT2D eigenvalue weighted by Gasteiger charge is -2.32. The van der Waals surface area contributed by atoms with Crippen molar-refractivity contribution in [2.75, 3.05) is 5.06 Å². The zero-order valence-electron chi connectivity index (χ0n) is 16.8. The minimum absolute atomic E-state index is 0.140. The number of nitrogens with zero attached hydrogens (tertiary/aromatic N) is 3. The van der Waals surface area contributed by atoms with Crippen molar-refractivity contribution in [3.63, 3.8) is 0 Å². The molecule has 1 aliphatic rings. The van der Waals surface area contributed by atoms with E-state index in [-0.39, 0.29) is 25.0 Å². The first-order chi connectivity index (χ1) is 15.3. The summed E-state index contributed by atoms with van der Waals surface area (Å²) in [6.45, 7) is 0.541. The van der Waals surface area contributed by atoms with Gasteiger partial charge in [0.15, 0.2) is 5.82 Å². The summed E-state index contributed by atoms with van der Waals surface area (Å²) in [5.74, 6) is 0.449. The summed E-state index contributed by atoms with van der Waals surface area (Å²) in [6, 6.07) is 25.3. The summed E-state index contributed by atoms with van der Waals surface area (Å²) in [5, 5.41) is 2.37. The molecule has 1 atom stereocenters. The van der Waals surface area contributed by atoms with Gasteiger partial charge in [-0.2, -0.15) is 5.06 Å². The Balaban J connectivity index is 1.32. The fraction of sp³-hybridized carbons (Fsp3) is 0.160. The van der Waals surface area contributed by atoms with Crippen LogP contribution >= 0.6 is 0 Å². The van der Waals surface area contributed by atoms with Gasteiger partial charge in [-0.25, -0.2) is 9.97 Å². The van der Waals surface area contributed by atoms with Crippen molar-refractivity contribution in [2.45, 2.75) is 25.7 Å². The van der Waals surface area contributed by atoms with E-state index in [9.17, 15) is 4.79 Å². The zero-order valence-corrected chi connectivity index (χ0v) is 16.8. The van der Waals surface area contributed by atoms with Gasteiger partial charge in [-0.05, 0) is 17.7 Å². The summed E-state index contributed by atoms with van der Waals surface area (Å²) in [5.41, 5.74) is 3.49. The number of aromatic nitrogens is 2. The molecule has 1 amide bonds. The van der Waals surface area contributed by atoms with Gasteiger partial charge < -0.3 is 4.74 Å². The van der Waals surface area contributed by atoms with E-state index in [0.717, 1.165) is 22.0 Å². The Morgan fingerprint density at radius 3 is 2.58 bits per heavy atom. The van der Waals surface area contributed by atoms with E-state index in [1.54, 1.807) is 6.20 Å². The third-order valence-electron chi connectivity index (χ3n) is 5.24. The Bertz CT molecular complexity index is 1210. The van der Waals surface area contributed by atoms with Gasteiger partial charge >= 0.3 is 0 Å². The van der Waals surface area contributed by atoms with E-state index >= 15 is 0 Å². The Labute approximate surface area is 180 Å². The second kappa shape index (κ2) is 8.63. The Morgan fingerprint density at radius 2 is 1.68 bits per heavy atom. The highest BCUT2D eigenvalue weighted by Crippen LogP contribution is 2.37. The normalized spacial score (nSPS) is 15.8. The number of hydrogen-bond donors (Lipinski definition) is 0. The average molecular weight is 411 g/mol.